The molecule has 0 unspecified atom stereocenters. The van der Waals surface area contributed by atoms with Crippen LogP contribution in [0, 0.1) is 13.8 Å². The predicted molar refractivity (Wildman–Crippen MR) is 90.3 cm³/mol. The zero-order valence-corrected chi connectivity index (χ0v) is 14.0. The summed E-state index contributed by atoms with van der Waals surface area (Å²) < 4.78 is 16.6. The largest absolute Gasteiger partial charge is 0.508 e. The first kappa shape index (κ1) is 15.9. The molecule has 124 valence electrons. The molecule has 0 saturated carbocycles. The summed E-state index contributed by atoms with van der Waals surface area (Å²) in [7, 11) is 3.14. The summed E-state index contributed by atoms with van der Waals surface area (Å²) >= 11 is 0. The Kier molecular flexibility index (Phi) is 4.12. The van der Waals surface area contributed by atoms with Crippen LogP contribution in [0.2, 0.25) is 0 Å². The molecule has 1 N–H and O–H groups in total. The summed E-state index contributed by atoms with van der Waals surface area (Å²) in [6.45, 7) is 3.68. The number of benzene rings is 2. The van der Waals surface area contributed by atoms with E-state index in [-0.39, 0.29) is 5.75 Å². The molecule has 0 aliphatic carbocycles. The van der Waals surface area contributed by atoms with E-state index >= 15 is 0 Å². The number of phenolic OH excluding ortho intramolecular Hbond substituents is 1. The first-order valence-corrected chi connectivity index (χ1v) is 7.38. The number of rotatable bonds is 4. The van der Waals surface area contributed by atoms with Gasteiger partial charge in [-0.15, -0.1) is 0 Å². The van der Waals surface area contributed by atoms with Crippen molar-refractivity contribution in [3.63, 3.8) is 0 Å². The van der Waals surface area contributed by atoms with E-state index in [0.29, 0.717) is 39.6 Å². The first-order chi connectivity index (χ1) is 11.5. The molecular formula is C18H18N2O4. The number of aromatic nitrogens is 2. The zero-order valence-electron chi connectivity index (χ0n) is 14.0. The molecule has 24 heavy (non-hydrogen) atoms. The molecule has 0 fully saturated rings. The lowest BCUT2D eigenvalue weighted by Gasteiger charge is -2.13. The van der Waals surface area contributed by atoms with Crippen molar-refractivity contribution in [2.75, 3.05) is 14.2 Å². The second-order valence-corrected chi connectivity index (χ2v) is 5.41. The highest BCUT2D eigenvalue weighted by Crippen LogP contribution is 2.37. The molecule has 6 heteroatoms. The molecule has 1 heterocycles. The van der Waals surface area contributed by atoms with Gasteiger partial charge in [0.25, 0.3) is 0 Å². The van der Waals surface area contributed by atoms with Crippen LogP contribution in [0.1, 0.15) is 11.1 Å². The summed E-state index contributed by atoms with van der Waals surface area (Å²) in [5.41, 5.74) is 2.21. The Bertz CT molecular complexity index is 909. The van der Waals surface area contributed by atoms with Crippen molar-refractivity contribution >= 4 is 10.9 Å². The van der Waals surface area contributed by atoms with Crippen LogP contribution < -0.4 is 14.2 Å². The van der Waals surface area contributed by atoms with E-state index in [1.807, 2.05) is 13.0 Å². The molecule has 1 aromatic heterocycles. The van der Waals surface area contributed by atoms with Crippen LogP contribution >= 0.6 is 0 Å². The van der Waals surface area contributed by atoms with Gasteiger partial charge in [-0.3, -0.25) is 0 Å². The number of ether oxygens (including phenoxy) is 3. The van der Waals surface area contributed by atoms with Gasteiger partial charge in [0.2, 0.25) is 5.88 Å². The van der Waals surface area contributed by atoms with Crippen LogP contribution in [0.5, 0.6) is 28.9 Å². The van der Waals surface area contributed by atoms with Gasteiger partial charge < -0.3 is 19.3 Å². The standard InChI is InChI=1S/C18H18N2O4/c1-10-5-14(21)11(2)15(6-10)24-18-12-7-16(22-3)17(23-4)8-13(12)19-9-20-18/h5-9,21H,1-4H3. The van der Waals surface area contributed by atoms with Gasteiger partial charge >= 0.3 is 0 Å². The molecule has 0 amide bonds. The lowest BCUT2D eigenvalue weighted by atomic mass is 10.1. The molecule has 0 atom stereocenters. The molecule has 0 aliphatic heterocycles. The van der Waals surface area contributed by atoms with E-state index in [0.717, 1.165) is 5.56 Å². The van der Waals surface area contributed by atoms with Crippen LogP contribution in [-0.4, -0.2) is 29.3 Å². The Morgan fingerprint density at radius 2 is 1.58 bits per heavy atom. The SMILES string of the molecule is COc1cc2ncnc(Oc3cc(C)cc(O)c3C)c2cc1OC. The third-order valence-corrected chi connectivity index (χ3v) is 3.79. The van der Waals surface area contributed by atoms with E-state index in [4.69, 9.17) is 14.2 Å². The van der Waals surface area contributed by atoms with E-state index in [2.05, 4.69) is 9.97 Å². The Morgan fingerprint density at radius 1 is 0.875 bits per heavy atom. The van der Waals surface area contributed by atoms with Gasteiger partial charge in [0.05, 0.1) is 25.1 Å². The fraction of sp³-hybridized carbons (Fsp3) is 0.222. The Balaban J connectivity index is 2.13. The van der Waals surface area contributed by atoms with Crippen molar-refractivity contribution in [3.05, 3.63) is 41.7 Å². The number of methoxy groups -OCH3 is 2. The van der Waals surface area contributed by atoms with Gasteiger partial charge in [0.15, 0.2) is 11.5 Å². The highest BCUT2D eigenvalue weighted by atomic mass is 16.5. The molecule has 3 aromatic rings. The minimum atomic E-state index is 0.183. The van der Waals surface area contributed by atoms with Crippen molar-refractivity contribution in [3.8, 4) is 28.9 Å². The highest BCUT2D eigenvalue weighted by molar-refractivity contribution is 5.87. The number of fused-ring (bicyclic) bond motifs is 1. The van der Waals surface area contributed by atoms with Gasteiger partial charge in [-0.25, -0.2) is 9.97 Å². The maximum atomic E-state index is 9.97. The van der Waals surface area contributed by atoms with Crippen molar-refractivity contribution in [1.82, 2.24) is 9.97 Å². The molecule has 0 bridgehead atoms. The van der Waals surface area contributed by atoms with Crippen molar-refractivity contribution in [2.45, 2.75) is 13.8 Å². The minimum absolute atomic E-state index is 0.183. The van der Waals surface area contributed by atoms with Crippen molar-refractivity contribution in [2.24, 2.45) is 0 Å². The van der Waals surface area contributed by atoms with E-state index in [1.165, 1.54) is 6.33 Å². The van der Waals surface area contributed by atoms with Crippen LogP contribution in [0.15, 0.2) is 30.6 Å². The van der Waals surface area contributed by atoms with Crippen molar-refractivity contribution in [1.29, 1.82) is 0 Å². The summed E-state index contributed by atoms with van der Waals surface area (Å²) in [6.07, 6.45) is 1.43. The fourth-order valence-electron chi connectivity index (χ4n) is 2.46. The third kappa shape index (κ3) is 2.78. The van der Waals surface area contributed by atoms with Gasteiger partial charge in [-0.2, -0.15) is 0 Å². The molecule has 0 aliphatic rings. The Morgan fingerprint density at radius 3 is 2.29 bits per heavy atom. The predicted octanol–water partition coefficient (Wildman–Crippen LogP) is 3.76. The van der Waals surface area contributed by atoms with Gasteiger partial charge in [-0.05, 0) is 37.6 Å². The summed E-state index contributed by atoms with van der Waals surface area (Å²) in [5, 5.41) is 10.7. The second-order valence-electron chi connectivity index (χ2n) is 5.41. The van der Waals surface area contributed by atoms with Gasteiger partial charge in [0.1, 0.15) is 17.8 Å². The molecule has 0 saturated heterocycles. The number of hydrogen-bond acceptors (Lipinski definition) is 6. The average molecular weight is 326 g/mol. The Hall–Kier alpha value is -3.02. The molecule has 0 radical (unpaired) electrons. The number of aryl methyl sites for hydroxylation is 1. The van der Waals surface area contributed by atoms with Crippen LogP contribution in [0.3, 0.4) is 0 Å². The zero-order chi connectivity index (χ0) is 17.3. The molecule has 2 aromatic carbocycles. The average Bonchev–Trinajstić information content (AvgIpc) is 2.58. The first-order valence-electron chi connectivity index (χ1n) is 7.38. The van der Waals surface area contributed by atoms with Crippen LogP contribution in [-0.2, 0) is 0 Å². The highest BCUT2D eigenvalue weighted by Gasteiger charge is 2.14. The van der Waals surface area contributed by atoms with Gasteiger partial charge in [0, 0.05) is 11.6 Å². The van der Waals surface area contributed by atoms with E-state index in [9.17, 15) is 5.11 Å². The van der Waals surface area contributed by atoms with E-state index < -0.39 is 0 Å². The summed E-state index contributed by atoms with van der Waals surface area (Å²) in [4.78, 5) is 8.47. The van der Waals surface area contributed by atoms with E-state index in [1.54, 1.807) is 39.3 Å². The molecule has 0 spiro atoms. The molecular weight excluding hydrogens is 308 g/mol. The topological polar surface area (TPSA) is 73.7 Å². The quantitative estimate of drug-likeness (QED) is 0.787. The molecule has 3 rings (SSSR count). The Labute approximate surface area is 139 Å². The minimum Gasteiger partial charge on any atom is -0.508 e. The normalized spacial score (nSPS) is 10.7. The van der Waals surface area contributed by atoms with Crippen LogP contribution in [0.4, 0.5) is 0 Å². The third-order valence-electron chi connectivity index (χ3n) is 3.79. The maximum absolute atomic E-state index is 9.97. The fourth-order valence-corrected chi connectivity index (χ4v) is 2.46. The maximum Gasteiger partial charge on any atom is 0.230 e. The number of aromatic hydroxyl groups is 1. The lowest BCUT2D eigenvalue weighted by molar-refractivity contribution is 0.355. The monoisotopic (exact) mass is 326 g/mol. The number of phenols is 1. The number of nitrogens with zero attached hydrogens (tertiary/aromatic N) is 2. The van der Waals surface area contributed by atoms with Gasteiger partial charge in [-0.1, -0.05) is 0 Å². The van der Waals surface area contributed by atoms with Crippen LogP contribution in [0.25, 0.3) is 10.9 Å². The van der Waals surface area contributed by atoms with Crippen molar-refractivity contribution < 1.29 is 19.3 Å². The summed E-state index contributed by atoms with van der Waals surface area (Å²) in [5.74, 6) is 2.26. The summed E-state index contributed by atoms with van der Waals surface area (Å²) in [6, 6.07) is 7.08. The lowest BCUT2D eigenvalue weighted by Crippen LogP contribution is -1.96. The smallest absolute Gasteiger partial charge is 0.230 e. The molecule has 6 nitrogen and oxygen atoms in total. The number of hydrogen-bond donors (Lipinski definition) is 1. The second kappa shape index (κ2) is 6.23.